The van der Waals surface area contributed by atoms with Crippen LogP contribution in [0.5, 0.6) is 0 Å². The quantitative estimate of drug-likeness (QED) is 0.897. The van der Waals surface area contributed by atoms with Crippen molar-refractivity contribution in [3.05, 3.63) is 47.7 Å². The minimum absolute atomic E-state index is 0.203. The van der Waals surface area contributed by atoms with Crippen LogP contribution in [0.2, 0.25) is 0 Å². The first kappa shape index (κ1) is 13.9. The SMILES string of the molecule is Cc1ccc(NC(=O)c2ccc(N)nc2)cc1N(C)C. The summed E-state index contributed by atoms with van der Waals surface area (Å²) in [6.45, 7) is 2.03. The van der Waals surface area contributed by atoms with E-state index in [0.717, 1.165) is 16.9 Å². The molecule has 0 saturated heterocycles. The number of hydrogen-bond donors (Lipinski definition) is 2. The number of anilines is 3. The molecule has 0 radical (unpaired) electrons. The lowest BCUT2D eigenvalue weighted by Crippen LogP contribution is -2.14. The summed E-state index contributed by atoms with van der Waals surface area (Å²) in [5, 5.41) is 2.85. The van der Waals surface area contributed by atoms with Gasteiger partial charge in [0.05, 0.1) is 5.56 Å². The summed E-state index contributed by atoms with van der Waals surface area (Å²) in [6, 6.07) is 9.06. The van der Waals surface area contributed by atoms with E-state index in [9.17, 15) is 4.79 Å². The number of nitrogens with one attached hydrogen (secondary N) is 1. The minimum Gasteiger partial charge on any atom is -0.384 e. The Balaban J connectivity index is 2.19. The van der Waals surface area contributed by atoms with E-state index in [-0.39, 0.29) is 5.91 Å². The van der Waals surface area contributed by atoms with Gasteiger partial charge in [0.25, 0.3) is 5.91 Å². The van der Waals surface area contributed by atoms with Crippen LogP contribution in [0.1, 0.15) is 15.9 Å². The predicted molar refractivity (Wildman–Crippen MR) is 82.1 cm³/mol. The molecule has 0 unspecified atom stereocenters. The Morgan fingerprint density at radius 2 is 2.00 bits per heavy atom. The van der Waals surface area contributed by atoms with Crippen molar-refractivity contribution in [2.75, 3.05) is 30.0 Å². The van der Waals surface area contributed by atoms with Gasteiger partial charge in [-0.1, -0.05) is 6.07 Å². The summed E-state index contributed by atoms with van der Waals surface area (Å²) in [5.74, 6) is 0.192. The van der Waals surface area contributed by atoms with Crippen LogP contribution in [0.15, 0.2) is 36.5 Å². The molecule has 0 bridgehead atoms. The van der Waals surface area contributed by atoms with Crippen molar-refractivity contribution in [3.8, 4) is 0 Å². The fourth-order valence-electron chi connectivity index (χ4n) is 1.91. The number of nitrogens with zero attached hydrogens (tertiary/aromatic N) is 2. The van der Waals surface area contributed by atoms with Crippen LogP contribution in [0.25, 0.3) is 0 Å². The predicted octanol–water partition coefficient (Wildman–Crippen LogP) is 2.29. The number of carbonyl (C=O) groups excluding carboxylic acids is 1. The van der Waals surface area contributed by atoms with E-state index < -0.39 is 0 Å². The molecule has 104 valence electrons. The van der Waals surface area contributed by atoms with E-state index in [2.05, 4.69) is 10.3 Å². The number of nitrogen functional groups attached to an aromatic ring is 1. The Morgan fingerprint density at radius 3 is 2.60 bits per heavy atom. The first-order valence-electron chi connectivity index (χ1n) is 6.28. The number of hydrogen-bond acceptors (Lipinski definition) is 4. The van der Waals surface area contributed by atoms with Gasteiger partial charge >= 0.3 is 0 Å². The van der Waals surface area contributed by atoms with Gasteiger partial charge in [0, 0.05) is 31.7 Å². The number of rotatable bonds is 3. The van der Waals surface area contributed by atoms with E-state index in [4.69, 9.17) is 5.73 Å². The number of nitrogens with two attached hydrogens (primary N) is 1. The Morgan fingerprint density at radius 1 is 1.25 bits per heavy atom. The maximum Gasteiger partial charge on any atom is 0.257 e. The second kappa shape index (κ2) is 5.61. The first-order chi connectivity index (χ1) is 9.47. The molecule has 1 amide bonds. The molecule has 20 heavy (non-hydrogen) atoms. The largest absolute Gasteiger partial charge is 0.384 e. The van der Waals surface area contributed by atoms with Gasteiger partial charge in [-0.05, 0) is 36.8 Å². The van der Waals surface area contributed by atoms with Crippen molar-refractivity contribution in [3.63, 3.8) is 0 Å². The highest BCUT2D eigenvalue weighted by Gasteiger charge is 2.08. The van der Waals surface area contributed by atoms with Crippen molar-refractivity contribution in [1.82, 2.24) is 4.98 Å². The average Bonchev–Trinajstić information content (AvgIpc) is 2.41. The molecule has 3 N–H and O–H groups in total. The van der Waals surface area contributed by atoms with Crippen LogP contribution in [0, 0.1) is 6.92 Å². The highest BCUT2D eigenvalue weighted by atomic mass is 16.1. The fourth-order valence-corrected chi connectivity index (χ4v) is 1.91. The summed E-state index contributed by atoms with van der Waals surface area (Å²) in [4.78, 5) is 18.0. The second-order valence-electron chi connectivity index (χ2n) is 4.82. The molecule has 0 aliphatic carbocycles. The van der Waals surface area contributed by atoms with E-state index in [0.29, 0.717) is 11.4 Å². The first-order valence-corrected chi connectivity index (χ1v) is 6.28. The van der Waals surface area contributed by atoms with Crippen LogP contribution in [-0.2, 0) is 0 Å². The molecule has 0 atom stereocenters. The normalized spacial score (nSPS) is 10.2. The standard InChI is InChI=1S/C15H18N4O/c1-10-4-6-12(8-13(10)19(2)3)18-15(20)11-5-7-14(16)17-9-11/h4-9H,1-3H3,(H2,16,17)(H,18,20). The van der Waals surface area contributed by atoms with Crippen LogP contribution in [0.3, 0.4) is 0 Å². The molecule has 1 aromatic carbocycles. The number of benzene rings is 1. The number of aromatic nitrogens is 1. The third-order valence-electron chi connectivity index (χ3n) is 3.00. The number of pyridine rings is 1. The Bertz CT molecular complexity index is 620. The van der Waals surface area contributed by atoms with Gasteiger partial charge < -0.3 is 16.0 Å². The third kappa shape index (κ3) is 3.06. The minimum atomic E-state index is -0.203. The van der Waals surface area contributed by atoms with Gasteiger partial charge in [-0.25, -0.2) is 4.98 Å². The van der Waals surface area contributed by atoms with Gasteiger partial charge in [0.2, 0.25) is 0 Å². The van der Waals surface area contributed by atoms with E-state index in [1.54, 1.807) is 12.1 Å². The van der Waals surface area contributed by atoms with Crippen molar-refractivity contribution in [2.24, 2.45) is 0 Å². The summed E-state index contributed by atoms with van der Waals surface area (Å²) in [5.41, 5.74) is 8.95. The molecule has 5 heteroatoms. The van der Waals surface area contributed by atoms with Gasteiger partial charge in [-0.3, -0.25) is 4.79 Å². The summed E-state index contributed by atoms with van der Waals surface area (Å²) in [7, 11) is 3.94. The lowest BCUT2D eigenvalue weighted by Gasteiger charge is -2.17. The topological polar surface area (TPSA) is 71.2 Å². The fraction of sp³-hybridized carbons (Fsp3) is 0.200. The van der Waals surface area contributed by atoms with E-state index >= 15 is 0 Å². The molecule has 5 nitrogen and oxygen atoms in total. The van der Waals surface area contributed by atoms with Gasteiger partial charge in [0.1, 0.15) is 5.82 Å². The van der Waals surface area contributed by atoms with Gasteiger partial charge in [-0.15, -0.1) is 0 Å². The smallest absolute Gasteiger partial charge is 0.257 e. The van der Waals surface area contributed by atoms with Crippen LogP contribution < -0.4 is 16.0 Å². The number of amides is 1. The van der Waals surface area contributed by atoms with Crippen molar-refractivity contribution >= 4 is 23.1 Å². The molecule has 0 saturated carbocycles. The molecule has 0 spiro atoms. The maximum absolute atomic E-state index is 12.1. The number of aryl methyl sites for hydroxylation is 1. The zero-order chi connectivity index (χ0) is 14.7. The second-order valence-corrected chi connectivity index (χ2v) is 4.82. The third-order valence-corrected chi connectivity index (χ3v) is 3.00. The molecule has 2 rings (SSSR count). The Kier molecular flexibility index (Phi) is 3.89. The van der Waals surface area contributed by atoms with Crippen LogP contribution in [0.4, 0.5) is 17.2 Å². The Labute approximate surface area is 118 Å². The monoisotopic (exact) mass is 270 g/mol. The molecule has 0 aliphatic rings. The van der Waals surface area contributed by atoms with Gasteiger partial charge in [0.15, 0.2) is 0 Å². The van der Waals surface area contributed by atoms with Gasteiger partial charge in [-0.2, -0.15) is 0 Å². The molecule has 2 aromatic rings. The van der Waals surface area contributed by atoms with E-state index in [1.165, 1.54) is 6.20 Å². The van der Waals surface area contributed by atoms with Crippen molar-refractivity contribution in [2.45, 2.75) is 6.92 Å². The van der Waals surface area contributed by atoms with E-state index in [1.807, 2.05) is 44.1 Å². The lowest BCUT2D eigenvalue weighted by atomic mass is 10.1. The average molecular weight is 270 g/mol. The number of carbonyl (C=O) groups is 1. The molecule has 0 fully saturated rings. The van der Waals surface area contributed by atoms with Crippen molar-refractivity contribution < 1.29 is 4.79 Å². The maximum atomic E-state index is 12.1. The summed E-state index contributed by atoms with van der Waals surface area (Å²) < 4.78 is 0. The lowest BCUT2D eigenvalue weighted by molar-refractivity contribution is 0.102. The molecule has 1 aromatic heterocycles. The molecule has 0 aliphatic heterocycles. The summed E-state index contributed by atoms with van der Waals surface area (Å²) in [6.07, 6.45) is 1.46. The van der Waals surface area contributed by atoms with Crippen LogP contribution >= 0.6 is 0 Å². The summed E-state index contributed by atoms with van der Waals surface area (Å²) >= 11 is 0. The highest BCUT2D eigenvalue weighted by molar-refractivity contribution is 6.04. The van der Waals surface area contributed by atoms with Crippen molar-refractivity contribution in [1.29, 1.82) is 0 Å². The van der Waals surface area contributed by atoms with Crippen LogP contribution in [-0.4, -0.2) is 25.0 Å². The molecular weight excluding hydrogens is 252 g/mol. The highest BCUT2D eigenvalue weighted by Crippen LogP contribution is 2.22. The molecule has 1 heterocycles. The zero-order valence-electron chi connectivity index (χ0n) is 11.8. The Hall–Kier alpha value is -2.56. The zero-order valence-corrected chi connectivity index (χ0v) is 11.8. The molecular formula is C15H18N4O.